The van der Waals surface area contributed by atoms with Crippen molar-refractivity contribution < 1.29 is 18.3 Å². The van der Waals surface area contributed by atoms with Crippen LogP contribution in [0.3, 0.4) is 0 Å². The molecule has 1 unspecified atom stereocenters. The molecule has 0 fully saturated rings. The maximum Gasteiger partial charge on any atom is 0.244 e. The zero-order valence-electron chi connectivity index (χ0n) is 12.2. The maximum atomic E-state index is 12.0. The van der Waals surface area contributed by atoms with Crippen LogP contribution in [0.15, 0.2) is 46.7 Å². The lowest BCUT2D eigenvalue weighted by atomic mass is 10.0. The van der Waals surface area contributed by atoms with Crippen LogP contribution in [-0.2, 0) is 14.6 Å². The van der Waals surface area contributed by atoms with Crippen LogP contribution in [0, 0.1) is 5.92 Å². The van der Waals surface area contributed by atoms with Gasteiger partial charge in [0.25, 0.3) is 0 Å². The van der Waals surface area contributed by atoms with Gasteiger partial charge in [-0.25, -0.2) is 8.42 Å². The van der Waals surface area contributed by atoms with Crippen molar-refractivity contribution in [1.29, 1.82) is 0 Å². The standard InChI is InChI=1S/C15H21NO4S/c1-12(2)10-13(11-17)16-15(18)8-9-21(19,20)14-6-4-3-5-7-14/h3-9,12-13,17H,10-11H2,1-2H3,(H,16,18). The molecule has 0 heterocycles. The third-order valence-corrected chi connectivity index (χ3v) is 4.22. The maximum absolute atomic E-state index is 12.0. The number of amides is 1. The number of carbonyl (C=O) groups is 1. The summed E-state index contributed by atoms with van der Waals surface area (Å²) >= 11 is 0. The first kappa shape index (κ1) is 17.4. The highest BCUT2D eigenvalue weighted by Gasteiger charge is 2.13. The molecule has 1 rings (SSSR count). The summed E-state index contributed by atoms with van der Waals surface area (Å²) in [7, 11) is -3.62. The summed E-state index contributed by atoms with van der Waals surface area (Å²) in [6.07, 6.45) is 1.60. The van der Waals surface area contributed by atoms with E-state index in [1.54, 1.807) is 18.2 Å². The molecule has 116 valence electrons. The molecule has 1 aromatic carbocycles. The lowest BCUT2D eigenvalue weighted by molar-refractivity contribution is -0.117. The van der Waals surface area contributed by atoms with Crippen molar-refractivity contribution in [1.82, 2.24) is 5.32 Å². The molecule has 0 aliphatic carbocycles. The van der Waals surface area contributed by atoms with Crippen LogP contribution in [-0.4, -0.2) is 32.1 Å². The van der Waals surface area contributed by atoms with Crippen LogP contribution in [0.25, 0.3) is 0 Å². The average Bonchev–Trinajstić information content (AvgIpc) is 2.45. The van der Waals surface area contributed by atoms with Crippen LogP contribution < -0.4 is 5.32 Å². The molecule has 0 aliphatic rings. The second-order valence-electron chi connectivity index (χ2n) is 5.18. The lowest BCUT2D eigenvalue weighted by Gasteiger charge is -2.17. The van der Waals surface area contributed by atoms with E-state index in [9.17, 15) is 18.3 Å². The molecule has 0 aliphatic heterocycles. The van der Waals surface area contributed by atoms with Crippen LogP contribution in [0.4, 0.5) is 0 Å². The quantitative estimate of drug-likeness (QED) is 0.747. The zero-order valence-corrected chi connectivity index (χ0v) is 13.0. The number of hydrogen-bond donors (Lipinski definition) is 2. The summed E-state index contributed by atoms with van der Waals surface area (Å²) in [5.74, 6) is -0.214. The largest absolute Gasteiger partial charge is 0.394 e. The molecule has 0 bridgehead atoms. The number of rotatable bonds is 7. The fourth-order valence-corrected chi connectivity index (χ4v) is 2.83. The van der Waals surface area contributed by atoms with Gasteiger partial charge in [0.15, 0.2) is 9.84 Å². The second-order valence-corrected chi connectivity index (χ2v) is 7.01. The van der Waals surface area contributed by atoms with E-state index in [1.165, 1.54) is 12.1 Å². The van der Waals surface area contributed by atoms with E-state index in [0.717, 1.165) is 11.5 Å². The normalized spacial score (nSPS) is 13.5. The Bertz CT molecular complexity index is 579. The minimum Gasteiger partial charge on any atom is -0.394 e. The molecule has 21 heavy (non-hydrogen) atoms. The molecule has 0 radical (unpaired) electrons. The predicted molar refractivity (Wildman–Crippen MR) is 81.2 cm³/mol. The van der Waals surface area contributed by atoms with Gasteiger partial charge in [-0.05, 0) is 24.5 Å². The van der Waals surface area contributed by atoms with Crippen LogP contribution >= 0.6 is 0 Å². The van der Waals surface area contributed by atoms with E-state index in [1.807, 2.05) is 13.8 Å². The first-order valence-electron chi connectivity index (χ1n) is 6.74. The van der Waals surface area contributed by atoms with Gasteiger partial charge >= 0.3 is 0 Å². The van der Waals surface area contributed by atoms with Gasteiger partial charge < -0.3 is 10.4 Å². The molecule has 0 saturated carbocycles. The van der Waals surface area contributed by atoms with E-state index in [-0.39, 0.29) is 17.5 Å². The smallest absolute Gasteiger partial charge is 0.244 e. The molecule has 1 atom stereocenters. The number of aliphatic hydroxyl groups is 1. The van der Waals surface area contributed by atoms with Crippen molar-refractivity contribution in [3.05, 3.63) is 41.8 Å². The van der Waals surface area contributed by atoms with E-state index in [0.29, 0.717) is 12.3 Å². The van der Waals surface area contributed by atoms with Crippen molar-refractivity contribution >= 4 is 15.7 Å². The van der Waals surface area contributed by atoms with E-state index < -0.39 is 15.7 Å². The highest BCUT2D eigenvalue weighted by Crippen LogP contribution is 2.11. The molecule has 0 saturated heterocycles. The average molecular weight is 311 g/mol. The van der Waals surface area contributed by atoms with Crippen molar-refractivity contribution in [3.63, 3.8) is 0 Å². The fraction of sp³-hybridized carbons (Fsp3) is 0.400. The Kier molecular flexibility index (Phi) is 6.58. The molecular weight excluding hydrogens is 290 g/mol. The predicted octanol–water partition coefficient (Wildman–Crippen LogP) is 1.50. The molecule has 0 aromatic heterocycles. The molecule has 1 aromatic rings. The SMILES string of the molecule is CC(C)CC(CO)NC(=O)C=CS(=O)(=O)c1ccccc1. The van der Waals surface area contributed by atoms with Gasteiger partial charge in [0.1, 0.15) is 0 Å². The molecular formula is C15H21NO4S. The number of nitrogens with one attached hydrogen (secondary N) is 1. The number of carbonyl (C=O) groups excluding carboxylic acids is 1. The zero-order chi connectivity index (χ0) is 15.9. The van der Waals surface area contributed by atoms with Crippen molar-refractivity contribution in [2.24, 2.45) is 5.92 Å². The van der Waals surface area contributed by atoms with Gasteiger partial charge in [-0.15, -0.1) is 0 Å². The summed E-state index contributed by atoms with van der Waals surface area (Å²) in [6.45, 7) is 3.78. The minimum atomic E-state index is -3.62. The van der Waals surface area contributed by atoms with Gasteiger partial charge in [-0.3, -0.25) is 4.79 Å². The number of hydrogen-bond acceptors (Lipinski definition) is 4. The number of aliphatic hydroxyl groups excluding tert-OH is 1. The Hall–Kier alpha value is -1.66. The summed E-state index contributed by atoms with van der Waals surface area (Å²) in [6, 6.07) is 7.50. The molecule has 6 heteroatoms. The summed E-state index contributed by atoms with van der Waals surface area (Å²) in [5, 5.41) is 12.6. The van der Waals surface area contributed by atoms with Crippen LogP contribution in [0.1, 0.15) is 20.3 Å². The summed E-state index contributed by atoms with van der Waals surface area (Å²) < 4.78 is 23.9. The minimum absolute atomic E-state index is 0.134. The topological polar surface area (TPSA) is 83.5 Å². The summed E-state index contributed by atoms with van der Waals surface area (Å²) in [5.41, 5.74) is 0. The van der Waals surface area contributed by atoms with Crippen LogP contribution in [0.5, 0.6) is 0 Å². The van der Waals surface area contributed by atoms with E-state index in [4.69, 9.17) is 0 Å². The number of sulfone groups is 1. The van der Waals surface area contributed by atoms with Crippen molar-refractivity contribution in [3.8, 4) is 0 Å². The Morgan fingerprint density at radius 1 is 1.29 bits per heavy atom. The molecule has 0 spiro atoms. The highest BCUT2D eigenvalue weighted by atomic mass is 32.2. The Labute approximate surface area is 125 Å². The first-order valence-corrected chi connectivity index (χ1v) is 8.29. The molecule has 5 nitrogen and oxygen atoms in total. The van der Waals surface area contributed by atoms with Gasteiger partial charge in [0.05, 0.1) is 17.5 Å². The van der Waals surface area contributed by atoms with Gasteiger partial charge in [-0.1, -0.05) is 32.0 Å². The van der Waals surface area contributed by atoms with E-state index in [2.05, 4.69) is 5.32 Å². The second kappa shape index (κ2) is 7.95. The van der Waals surface area contributed by atoms with Crippen molar-refractivity contribution in [2.75, 3.05) is 6.61 Å². The monoisotopic (exact) mass is 311 g/mol. The van der Waals surface area contributed by atoms with Crippen molar-refractivity contribution in [2.45, 2.75) is 31.2 Å². The molecule has 2 N–H and O–H groups in total. The summed E-state index contributed by atoms with van der Waals surface area (Å²) in [4.78, 5) is 11.8. The van der Waals surface area contributed by atoms with Gasteiger partial charge in [0, 0.05) is 11.5 Å². The van der Waals surface area contributed by atoms with Crippen LogP contribution in [0.2, 0.25) is 0 Å². The highest BCUT2D eigenvalue weighted by molar-refractivity contribution is 7.94. The molecule has 1 amide bonds. The Balaban J connectivity index is 2.69. The third-order valence-electron chi connectivity index (χ3n) is 2.79. The first-order chi connectivity index (χ1) is 9.85. The Morgan fingerprint density at radius 3 is 2.43 bits per heavy atom. The lowest BCUT2D eigenvalue weighted by Crippen LogP contribution is -2.37. The van der Waals surface area contributed by atoms with E-state index >= 15 is 0 Å². The Morgan fingerprint density at radius 2 is 1.90 bits per heavy atom. The number of benzene rings is 1. The fourth-order valence-electron chi connectivity index (χ4n) is 1.84. The van der Waals surface area contributed by atoms with Gasteiger partial charge in [0.2, 0.25) is 5.91 Å². The third kappa shape index (κ3) is 6.10. The van der Waals surface area contributed by atoms with Gasteiger partial charge in [-0.2, -0.15) is 0 Å².